The summed E-state index contributed by atoms with van der Waals surface area (Å²) < 4.78 is 5.81. The van der Waals surface area contributed by atoms with Gasteiger partial charge in [0, 0.05) is 25.2 Å². The van der Waals surface area contributed by atoms with Crippen molar-refractivity contribution in [1.82, 2.24) is 15.5 Å². The summed E-state index contributed by atoms with van der Waals surface area (Å²) in [5, 5.41) is 6.47. The number of morpholine rings is 1. The molecule has 5 rings (SSSR count). The van der Waals surface area contributed by atoms with Gasteiger partial charge in [-0.3, -0.25) is 4.90 Å². The van der Waals surface area contributed by atoms with Crippen molar-refractivity contribution in [3.8, 4) is 0 Å². The van der Waals surface area contributed by atoms with Gasteiger partial charge >= 0.3 is 6.03 Å². The van der Waals surface area contributed by atoms with E-state index in [0.29, 0.717) is 6.54 Å². The van der Waals surface area contributed by atoms with E-state index in [1.807, 2.05) is 0 Å². The molecule has 1 saturated heterocycles. The van der Waals surface area contributed by atoms with E-state index in [1.54, 1.807) is 0 Å². The van der Waals surface area contributed by atoms with Crippen LogP contribution in [-0.4, -0.2) is 55.4 Å². The quantitative estimate of drug-likeness (QED) is 0.811. The second-order valence-electron chi connectivity index (χ2n) is 8.75. The summed E-state index contributed by atoms with van der Waals surface area (Å²) in [6.07, 6.45) is 9.04. The number of rotatable bonds is 5. The number of carbonyl (C=O) groups is 1. The molecule has 1 aliphatic heterocycles. The van der Waals surface area contributed by atoms with Crippen molar-refractivity contribution in [3.63, 3.8) is 0 Å². The Kier molecular flexibility index (Phi) is 4.74. The summed E-state index contributed by atoms with van der Waals surface area (Å²) in [4.78, 5) is 14.8. The maximum Gasteiger partial charge on any atom is 0.315 e. The summed E-state index contributed by atoms with van der Waals surface area (Å²) in [5.74, 6) is 2.60. The first-order valence-corrected chi connectivity index (χ1v) is 10.0. The number of carbonyl (C=O) groups excluding carboxylic acids is 1. The van der Waals surface area contributed by atoms with Crippen LogP contribution in [0, 0.1) is 17.8 Å². The molecule has 0 unspecified atom stereocenters. The van der Waals surface area contributed by atoms with Gasteiger partial charge < -0.3 is 15.4 Å². The van der Waals surface area contributed by atoms with Crippen LogP contribution >= 0.6 is 0 Å². The Labute approximate surface area is 145 Å². The molecule has 136 valence electrons. The molecule has 0 radical (unpaired) electrons. The zero-order chi connectivity index (χ0) is 16.6. The average Bonchev–Trinajstić information content (AvgIpc) is 2.53. The standard InChI is InChI=1S/C19H33N3O2/c1-2-22-5-6-24-17(13-22)3-4-20-18(23)21-19-10-14-7-15(11-19)9-16(8-14)12-19/h14-17H,2-13H2,1H3,(H2,20,21,23)/t14?,15?,16?,17-,19?/m1/s1. The van der Waals surface area contributed by atoms with Crippen molar-refractivity contribution in [2.45, 2.75) is 63.5 Å². The van der Waals surface area contributed by atoms with Crippen LogP contribution in [0.4, 0.5) is 4.79 Å². The van der Waals surface area contributed by atoms with Crippen molar-refractivity contribution >= 4 is 6.03 Å². The zero-order valence-corrected chi connectivity index (χ0v) is 15.1. The van der Waals surface area contributed by atoms with Crippen LogP contribution in [0.25, 0.3) is 0 Å². The highest BCUT2D eigenvalue weighted by Crippen LogP contribution is 2.55. The molecule has 0 aromatic carbocycles. The number of likely N-dealkylation sites (N-methyl/N-ethyl adjacent to an activating group) is 1. The molecule has 5 heteroatoms. The number of urea groups is 1. The minimum absolute atomic E-state index is 0.0418. The van der Waals surface area contributed by atoms with Gasteiger partial charge in [-0.2, -0.15) is 0 Å². The molecular formula is C19H33N3O2. The highest BCUT2D eigenvalue weighted by Gasteiger charge is 2.51. The van der Waals surface area contributed by atoms with Gasteiger partial charge in [0.25, 0.3) is 0 Å². The summed E-state index contributed by atoms with van der Waals surface area (Å²) in [7, 11) is 0. The van der Waals surface area contributed by atoms with Gasteiger partial charge in [-0.1, -0.05) is 6.92 Å². The Balaban J connectivity index is 1.21. The first-order chi connectivity index (χ1) is 11.6. The molecule has 5 nitrogen and oxygen atoms in total. The Morgan fingerprint density at radius 3 is 2.46 bits per heavy atom. The number of nitrogens with one attached hydrogen (secondary N) is 2. The van der Waals surface area contributed by atoms with E-state index in [1.165, 1.54) is 38.5 Å². The summed E-state index contributed by atoms with van der Waals surface area (Å²) >= 11 is 0. The second kappa shape index (κ2) is 6.83. The normalized spacial score (nSPS) is 41.4. The topological polar surface area (TPSA) is 53.6 Å². The van der Waals surface area contributed by atoms with E-state index in [-0.39, 0.29) is 17.7 Å². The summed E-state index contributed by atoms with van der Waals surface area (Å²) in [6, 6.07) is 0.0418. The predicted molar refractivity (Wildman–Crippen MR) is 93.9 cm³/mol. The van der Waals surface area contributed by atoms with Gasteiger partial charge in [0.1, 0.15) is 0 Å². The molecule has 2 amide bonds. The molecule has 0 aromatic rings. The van der Waals surface area contributed by atoms with E-state index >= 15 is 0 Å². The maximum atomic E-state index is 12.4. The van der Waals surface area contributed by atoms with Crippen LogP contribution in [-0.2, 0) is 4.74 Å². The first-order valence-electron chi connectivity index (χ1n) is 10.0. The molecule has 4 aliphatic carbocycles. The van der Waals surface area contributed by atoms with E-state index in [2.05, 4.69) is 22.5 Å². The van der Waals surface area contributed by atoms with Gasteiger partial charge in [0.15, 0.2) is 0 Å². The molecule has 1 heterocycles. The maximum absolute atomic E-state index is 12.4. The number of hydrogen-bond donors (Lipinski definition) is 2. The van der Waals surface area contributed by atoms with E-state index in [9.17, 15) is 4.79 Å². The predicted octanol–water partition coefficient (Wildman–Crippen LogP) is 2.37. The fourth-order valence-electron chi connectivity index (χ4n) is 6.14. The van der Waals surface area contributed by atoms with Gasteiger partial charge in [-0.25, -0.2) is 4.79 Å². The number of nitrogens with zero attached hydrogens (tertiary/aromatic N) is 1. The third kappa shape index (κ3) is 3.57. The Hall–Kier alpha value is -0.810. The van der Waals surface area contributed by atoms with Crippen LogP contribution < -0.4 is 10.6 Å². The highest BCUT2D eigenvalue weighted by atomic mass is 16.5. The number of amides is 2. The van der Waals surface area contributed by atoms with Gasteiger partial charge in [0.2, 0.25) is 0 Å². The summed E-state index contributed by atoms with van der Waals surface area (Å²) in [5.41, 5.74) is 0.110. The highest BCUT2D eigenvalue weighted by molar-refractivity contribution is 5.74. The first kappa shape index (κ1) is 16.6. The Morgan fingerprint density at radius 1 is 1.17 bits per heavy atom. The van der Waals surface area contributed by atoms with Crippen molar-refractivity contribution in [1.29, 1.82) is 0 Å². The lowest BCUT2D eigenvalue weighted by Crippen LogP contribution is -2.61. The third-order valence-corrected chi connectivity index (χ3v) is 6.84. The van der Waals surface area contributed by atoms with Crippen molar-refractivity contribution in [3.05, 3.63) is 0 Å². The number of ether oxygens (including phenoxy) is 1. The molecule has 5 fully saturated rings. The zero-order valence-electron chi connectivity index (χ0n) is 15.1. The van der Waals surface area contributed by atoms with Crippen LogP contribution in [0.3, 0.4) is 0 Å². The molecular weight excluding hydrogens is 302 g/mol. The lowest BCUT2D eigenvalue weighted by Gasteiger charge is -2.56. The Morgan fingerprint density at radius 2 is 1.83 bits per heavy atom. The molecule has 24 heavy (non-hydrogen) atoms. The van der Waals surface area contributed by atoms with Gasteiger partial charge in [0.05, 0.1) is 12.7 Å². The van der Waals surface area contributed by atoms with Crippen molar-refractivity contribution in [2.75, 3.05) is 32.8 Å². The van der Waals surface area contributed by atoms with Gasteiger partial charge in [-0.15, -0.1) is 0 Å². The van der Waals surface area contributed by atoms with E-state index in [4.69, 9.17) is 4.74 Å². The lowest BCUT2D eigenvalue weighted by molar-refractivity contribution is -0.0297. The fourth-order valence-corrected chi connectivity index (χ4v) is 6.14. The van der Waals surface area contributed by atoms with Crippen LogP contribution in [0.15, 0.2) is 0 Å². The smallest absolute Gasteiger partial charge is 0.315 e. The SMILES string of the molecule is CCN1CCO[C@H](CCNC(=O)NC23CC4CC(CC(C4)C2)C3)C1. The lowest BCUT2D eigenvalue weighted by atomic mass is 9.53. The minimum Gasteiger partial charge on any atom is -0.375 e. The molecule has 0 aromatic heterocycles. The number of hydrogen-bond acceptors (Lipinski definition) is 3. The molecule has 2 N–H and O–H groups in total. The molecule has 4 bridgehead atoms. The third-order valence-electron chi connectivity index (χ3n) is 6.84. The molecule has 0 spiro atoms. The fraction of sp³-hybridized carbons (Fsp3) is 0.947. The average molecular weight is 335 g/mol. The van der Waals surface area contributed by atoms with E-state index in [0.717, 1.165) is 50.4 Å². The molecule has 1 atom stereocenters. The molecule has 5 aliphatic rings. The van der Waals surface area contributed by atoms with Crippen LogP contribution in [0.5, 0.6) is 0 Å². The summed E-state index contributed by atoms with van der Waals surface area (Å²) in [6.45, 7) is 6.83. The van der Waals surface area contributed by atoms with Crippen molar-refractivity contribution < 1.29 is 9.53 Å². The van der Waals surface area contributed by atoms with Crippen molar-refractivity contribution in [2.24, 2.45) is 17.8 Å². The molecule has 4 saturated carbocycles. The van der Waals surface area contributed by atoms with Crippen LogP contribution in [0.2, 0.25) is 0 Å². The van der Waals surface area contributed by atoms with Crippen LogP contribution in [0.1, 0.15) is 51.9 Å². The van der Waals surface area contributed by atoms with E-state index < -0.39 is 0 Å². The monoisotopic (exact) mass is 335 g/mol. The largest absolute Gasteiger partial charge is 0.375 e. The van der Waals surface area contributed by atoms with Gasteiger partial charge in [-0.05, 0) is 69.2 Å². The second-order valence-corrected chi connectivity index (χ2v) is 8.75. The minimum atomic E-state index is 0.0418. The Bertz CT molecular complexity index is 432.